The number of benzene rings is 2. The molecule has 178 valence electrons. The number of hydrogen-bond donors (Lipinski definition) is 1. The minimum atomic E-state index is -0.529. The van der Waals surface area contributed by atoms with E-state index in [4.69, 9.17) is 4.99 Å². The van der Waals surface area contributed by atoms with Crippen LogP contribution in [0, 0.1) is 11.8 Å². The molecule has 4 aliphatic rings. The number of nitrogens with one attached hydrogen (secondary N) is 1. The summed E-state index contributed by atoms with van der Waals surface area (Å²) in [5, 5.41) is 8.19. The van der Waals surface area contributed by atoms with Crippen molar-refractivity contribution in [2.75, 3.05) is 19.6 Å². The van der Waals surface area contributed by atoms with Gasteiger partial charge in [0.1, 0.15) is 11.4 Å². The highest BCUT2D eigenvalue weighted by atomic mass is 16.2. The lowest BCUT2D eigenvalue weighted by atomic mass is 9.96. The Morgan fingerprint density at radius 1 is 1.03 bits per heavy atom. The molecule has 2 aliphatic carbocycles. The first-order chi connectivity index (χ1) is 17.1. The molecule has 2 aromatic carbocycles. The molecule has 3 fully saturated rings. The van der Waals surface area contributed by atoms with Crippen LogP contribution in [0.15, 0.2) is 53.7 Å². The molecule has 3 heterocycles. The smallest absolute Gasteiger partial charge is 0.256 e. The molecule has 3 aromatic rings. The summed E-state index contributed by atoms with van der Waals surface area (Å²) in [4.78, 5) is 34.9. The van der Waals surface area contributed by atoms with Gasteiger partial charge in [0.05, 0.1) is 11.7 Å². The number of aromatic amines is 1. The van der Waals surface area contributed by atoms with Crippen molar-refractivity contribution in [2.24, 2.45) is 16.8 Å². The van der Waals surface area contributed by atoms with Gasteiger partial charge in [-0.15, -0.1) is 0 Å². The third kappa shape index (κ3) is 3.65. The highest BCUT2D eigenvalue weighted by Crippen LogP contribution is 2.46. The van der Waals surface area contributed by atoms with Gasteiger partial charge in [-0.25, -0.2) is 0 Å². The van der Waals surface area contributed by atoms with Crippen LogP contribution in [0.5, 0.6) is 0 Å². The predicted octanol–water partition coefficient (Wildman–Crippen LogP) is 4.00. The van der Waals surface area contributed by atoms with Crippen LogP contribution in [0.3, 0.4) is 0 Å². The normalized spacial score (nSPS) is 23.3. The number of piperidine rings is 1. The van der Waals surface area contributed by atoms with Crippen LogP contribution >= 0.6 is 0 Å². The van der Waals surface area contributed by atoms with Crippen molar-refractivity contribution in [1.29, 1.82) is 0 Å². The number of carbonyl (C=O) groups excluding carboxylic acids is 2. The number of carbonyl (C=O) groups is 2. The first-order valence-electron chi connectivity index (χ1n) is 12.8. The summed E-state index contributed by atoms with van der Waals surface area (Å²) in [6.07, 6.45) is 7.65. The molecule has 2 saturated carbocycles. The lowest BCUT2D eigenvalue weighted by Gasteiger charge is -2.35. The summed E-state index contributed by atoms with van der Waals surface area (Å²) in [7, 11) is 0. The van der Waals surface area contributed by atoms with Crippen molar-refractivity contribution >= 4 is 28.6 Å². The van der Waals surface area contributed by atoms with E-state index in [1.807, 2.05) is 22.1 Å². The Balaban J connectivity index is 1.12. The maximum absolute atomic E-state index is 13.4. The molecule has 0 bridgehead atoms. The Morgan fingerprint density at radius 2 is 1.80 bits per heavy atom. The molecule has 1 atom stereocenters. The van der Waals surface area contributed by atoms with Gasteiger partial charge in [-0.2, -0.15) is 5.10 Å². The van der Waals surface area contributed by atoms with E-state index in [0.29, 0.717) is 18.4 Å². The average Bonchev–Trinajstić information content (AvgIpc) is 3.81. The molecular formula is C28H29N5O2. The summed E-state index contributed by atoms with van der Waals surface area (Å²) in [5.41, 5.74) is 3.73. The summed E-state index contributed by atoms with van der Waals surface area (Å²) >= 11 is 0. The third-order valence-electron chi connectivity index (χ3n) is 8.06. The Bertz CT molecular complexity index is 1350. The van der Waals surface area contributed by atoms with E-state index in [0.717, 1.165) is 85.0 Å². The Kier molecular flexibility index (Phi) is 4.63. The highest BCUT2D eigenvalue weighted by molar-refractivity contribution is 6.16. The zero-order valence-electron chi connectivity index (χ0n) is 19.7. The minimum Gasteiger partial charge on any atom is -0.342 e. The maximum Gasteiger partial charge on any atom is 0.256 e. The van der Waals surface area contributed by atoms with E-state index < -0.39 is 5.54 Å². The molecule has 35 heavy (non-hydrogen) atoms. The standard InChI is InChI=1S/C28H29N5O2/c34-26(21-7-8-21)32-13-1-2-18(16-32)17-33-25(30-28(11-12-28)27(33)35)20-5-3-19(4-6-20)22-9-10-24-23(14-22)15-29-31-24/h3-6,9-10,14-15,18,21H,1-2,7-8,11-13,16-17H2,(H,29,31). The molecule has 7 nitrogen and oxygen atoms in total. The van der Waals surface area contributed by atoms with Crippen LogP contribution in [0.25, 0.3) is 22.0 Å². The van der Waals surface area contributed by atoms with Crippen molar-refractivity contribution in [3.05, 3.63) is 54.2 Å². The van der Waals surface area contributed by atoms with Gasteiger partial charge in [0.25, 0.3) is 5.91 Å². The van der Waals surface area contributed by atoms with E-state index in [9.17, 15) is 9.59 Å². The molecule has 1 unspecified atom stereocenters. The molecule has 1 spiro atoms. The van der Waals surface area contributed by atoms with Gasteiger partial charge in [-0.3, -0.25) is 24.6 Å². The third-order valence-corrected chi connectivity index (χ3v) is 8.06. The Hall–Kier alpha value is -3.48. The molecule has 0 radical (unpaired) electrons. The second-order valence-corrected chi connectivity index (χ2v) is 10.7. The van der Waals surface area contributed by atoms with Gasteiger partial charge in [-0.1, -0.05) is 30.3 Å². The zero-order valence-corrected chi connectivity index (χ0v) is 19.7. The topological polar surface area (TPSA) is 81.7 Å². The van der Waals surface area contributed by atoms with Crippen LogP contribution in [0.4, 0.5) is 0 Å². The minimum absolute atomic E-state index is 0.146. The number of nitrogens with zero attached hydrogens (tertiary/aromatic N) is 4. The van der Waals surface area contributed by atoms with E-state index in [1.54, 1.807) is 0 Å². The van der Waals surface area contributed by atoms with Gasteiger partial charge >= 0.3 is 0 Å². The lowest BCUT2D eigenvalue weighted by molar-refractivity contribution is -0.134. The van der Waals surface area contributed by atoms with Crippen molar-refractivity contribution in [1.82, 2.24) is 20.0 Å². The SMILES string of the molecule is O=C(C1CC1)N1CCCC(CN2C(=O)C3(CC3)N=C2c2ccc(-c3ccc4[nH]ncc4c3)cc2)C1. The molecule has 1 N–H and O–H groups in total. The average molecular weight is 468 g/mol. The second-order valence-electron chi connectivity index (χ2n) is 10.7. The molecule has 1 aromatic heterocycles. The maximum atomic E-state index is 13.4. The molecular weight excluding hydrogens is 438 g/mol. The van der Waals surface area contributed by atoms with Crippen LogP contribution < -0.4 is 0 Å². The highest BCUT2D eigenvalue weighted by Gasteiger charge is 2.57. The monoisotopic (exact) mass is 467 g/mol. The predicted molar refractivity (Wildman–Crippen MR) is 134 cm³/mol. The van der Waals surface area contributed by atoms with Crippen molar-refractivity contribution in [3.8, 4) is 11.1 Å². The summed E-state index contributed by atoms with van der Waals surface area (Å²) in [6, 6.07) is 14.7. The van der Waals surface area contributed by atoms with Crippen molar-refractivity contribution < 1.29 is 9.59 Å². The van der Waals surface area contributed by atoms with Gasteiger partial charge in [-0.05, 0) is 67.7 Å². The number of aromatic nitrogens is 2. The first-order valence-corrected chi connectivity index (χ1v) is 12.8. The van der Waals surface area contributed by atoms with Crippen LogP contribution in [0.2, 0.25) is 0 Å². The van der Waals surface area contributed by atoms with Gasteiger partial charge in [0.15, 0.2) is 0 Å². The fraction of sp³-hybridized carbons (Fsp3) is 0.429. The van der Waals surface area contributed by atoms with Gasteiger partial charge < -0.3 is 4.90 Å². The lowest BCUT2D eigenvalue weighted by Crippen LogP contribution is -2.46. The summed E-state index contributed by atoms with van der Waals surface area (Å²) < 4.78 is 0. The van der Waals surface area contributed by atoms with E-state index >= 15 is 0 Å². The number of rotatable bonds is 5. The number of aliphatic imine (C=N–C) groups is 1. The zero-order chi connectivity index (χ0) is 23.6. The Labute approximate surface area is 204 Å². The molecule has 7 heteroatoms. The molecule has 1 saturated heterocycles. The van der Waals surface area contributed by atoms with Crippen molar-refractivity contribution in [3.63, 3.8) is 0 Å². The van der Waals surface area contributed by atoms with Gasteiger partial charge in [0.2, 0.25) is 5.91 Å². The van der Waals surface area contributed by atoms with Gasteiger partial charge in [0, 0.05) is 36.5 Å². The number of H-pyrrole nitrogens is 1. The quantitative estimate of drug-likeness (QED) is 0.616. The van der Waals surface area contributed by atoms with Crippen LogP contribution in [0.1, 0.15) is 44.1 Å². The van der Waals surface area contributed by atoms with Crippen LogP contribution in [-0.2, 0) is 9.59 Å². The summed E-state index contributed by atoms with van der Waals surface area (Å²) in [5.74, 6) is 1.82. The van der Waals surface area contributed by atoms with Crippen molar-refractivity contribution in [2.45, 2.75) is 44.1 Å². The van der Waals surface area contributed by atoms with E-state index in [1.165, 1.54) is 0 Å². The fourth-order valence-electron chi connectivity index (χ4n) is 5.69. The number of fused-ring (bicyclic) bond motifs is 1. The summed E-state index contributed by atoms with van der Waals surface area (Å²) in [6.45, 7) is 2.26. The number of amidine groups is 1. The molecule has 2 aliphatic heterocycles. The van der Waals surface area contributed by atoms with E-state index in [2.05, 4.69) is 46.6 Å². The van der Waals surface area contributed by atoms with E-state index in [-0.39, 0.29) is 11.8 Å². The second kappa shape index (κ2) is 7.77. The number of hydrogen-bond acceptors (Lipinski definition) is 4. The molecule has 2 amide bonds. The number of likely N-dealkylation sites (tertiary alicyclic amines) is 1. The largest absolute Gasteiger partial charge is 0.342 e. The van der Waals surface area contributed by atoms with Crippen LogP contribution in [-0.4, -0.2) is 62.8 Å². The first kappa shape index (κ1) is 20.9. The fourth-order valence-corrected chi connectivity index (χ4v) is 5.69. The number of amides is 2. The molecule has 7 rings (SSSR count). The Morgan fingerprint density at radius 3 is 2.57 bits per heavy atom.